The first-order chi connectivity index (χ1) is 11.4. The fraction of sp³-hybridized carbons (Fsp3) is 0.588. The van der Waals surface area contributed by atoms with Crippen LogP contribution in [0.3, 0.4) is 0 Å². The number of benzene rings is 1. The lowest BCUT2D eigenvalue weighted by Crippen LogP contribution is -2.38. The van der Waals surface area contributed by atoms with Crippen LogP contribution in [-0.4, -0.2) is 46.9 Å². The van der Waals surface area contributed by atoms with E-state index in [1.807, 2.05) is 19.1 Å². The van der Waals surface area contributed by atoms with Gasteiger partial charge in [-0.1, -0.05) is 12.1 Å². The minimum Gasteiger partial charge on any atom is -0.378 e. The second-order valence-electron chi connectivity index (χ2n) is 6.15. The van der Waals surface area contributed by atoms with Crippen LogP contribution in [0.2, 0.25) is 0 Å². The SMILES string of the molecule is CN=C(NCCC1CCCO1)NCc1ccc(S(C)(=O)=O)c(C)c1. The number of ether oxygens (including phenoxy) is 1. The molecule has 0 amide bonds. The highest BCUT2D eigenvalue weighted by molar-refractivity contribution is 7.90. The van der Waals surface area contributed by atoms with Crippen molar-refractivity contribution in [2.75, 3.05) is 26.5 Å². The third-order valence-electron chi connectivity index (χ3n) is 4.11. The van der Waals surface area contributed by atoms with Gasteiger partial charge in [0.2, 0.25) is 0 Å². The number of guanidine groups is 1. The number of nitrogens with one attached hydrogen (secondary N) is 2. The average Bonchev–Trinajstić information content (AvgIpc) is 3.02. The van der Waals surface area contributed by atoms with Crippen molar-refractivity contribution in [2.24, 2.45) is 4.99 Å². The smallest absolute Gasteiger partial charge is 0.191 e. The highest BCUT2D eigenvalue weighted by Crippen LogP contribution is 2.16. The molecule has 1 aliphatic rings. The first-order valence-corrected chi connectivity index (χ1v) is 10.1. The number of sulfone groups is 1. The molecule has 0 spiro atoms. The Kier molecular flexibility index (Phi) is 6.62. The topological polar surface area (TPSA) is 79.8 Å². The Bertz CT molecular complexity index is 680. The summed E-state index contributed by atoms with van der Waals surface area (Å²) in [6, 6.07) is 5.38. The first kappa shape index (κ1) is 18.7. The molecule has 1 heterocycles. The van der Waals surface area contributed by atoms with Gasteiger partial charge in [0.25, 0.3) is 0 Å². The number of nitrogens with zero attached hydrogens (tertiary/aromatic N) is 1. The minimum absolute atomic E-state index is 0.363. The molecule has 0 aliphatic carbocycles. The zero-order valence-electron chi connectivity index (χ0n) is 14.6. The third-order valence-corrected chi connectivity index (χ3v) is 5.36. The standard InChI is InChI=1S/C17H27N3O3S/c1-13-11-14(6-7-16(13)24(3,21)22)12-20-17(18-2)19-9-8-15-5-4-10-23-15/h6-7,11,15H,4-5,8-10,12H2,1-3H3,(H2,18,19,20). The molecule has 134 valence electrons. The van der Waals surface area contributed by atoms with Crippen molar-refractivity contribution in [1.82, 2.24) is 10.6 Å². The maximum atomic E-state index is 11.6. The minimum atomic E-state index is -3.17. The Morgan fingerprint density at radius 3 is 2.75 bits per heavy atom. The average molecular weight is 353 g/mol. The zero-order valence-corrected chi connectivity index (χ0v) is 15.4. The summed E-state index contributed by atoms with van der Waals surface area (Å²) in [5.74, 6) is 0.734. The Morgan fingerprint density at radius 1 is 1.38 bits per heavy atom. The molecule has 2 rings (SSSR count). The van der Waals surface area contributed by atoms with Crippen LogP contribution in [0.5, 0.6) is 0 Å². The molecular formula is C17H27N3O3S. The quantitative estimate of drug-likeness (QED) is 0.600. The molecule has 7 heteroatoms. The van der Waals surface area contributed by atoms with E-state index < -0.39 is 9.84 Å². The third kappa shape index (κ3) is 5.49. The Balaban J connectivity index is 1.83. The van der Waals surface area contributed by atoms with Crippen molar-refractivity contribution >= 4 is 15.8 Å². The van der Waals surface area contributed by atoms with E-state index in [9.17, 15) is 8.42 Å². The number of aryl methyl sites for hydroxylation is 1. The van der Waals surface area contributed by atoms with Gasteiger partial charge in [0.15, 0.2) is 15.8 Å². The van der Waals surface area contributed by atoms with Gasteiger partial charge in [-0.05, 0) is 43.4 Å². The van der Waals surface area contributed by atoms with Gasteiger partial charge in [-0.3, -0.25) is 4.99 Å². The van der Waals surface area contributed by atoms with Gasteiger partial charge in [0.1, 0.15) is 0 Å². The summed E-state index contributed by atoms with van der Waals surface area (Å²) < 4.78 is 28.9. The molecule has 1 aromatic rings. The van der Waals surface area contributed by atoms with E-state index in [1.54, 1.807) is 13.1 Å². The van der Waals surface area contributed by atoms with Crippen molar-refractivity contribution in [1.29, 1.82) is 0 Å². The summed E-state index contributed by atoms with van der Waals surface area (Å²) in [5.41, 5.74) is 1.78. The number of aliphatic imine (C=N–C) groups is 1. The van der Waals surface area contributed by atoms with Crippen LogP contribution in [0.15, 0.2) is 28.1 Å². The molecule has 0 radical (unpaired) electrons. The Labute approximate surface area is 144 Å². The van der Waals surface area contributed by atoms with Crippen LogP contribution in [0, 0.1) is 6.92 Å². The van der Waals surface area contributed by atoms with Crippen molar-refractivity contribution in [3.63, 3.8) is 0 Å². The summed E-state index contributed by atoms with van der Waals surface area (Å²) in [6.45, 7) is 4.09. The molecule has 0 aromatic heterocycles. The predicted molar refractivity (Wildman–Crippen MR) is 96.1 cm³/mol. The van der Waals surface area contributed by atoms with Gasteiger partial charge in [-0.15, -0.1) is 0 Å². The Morgan fingerprint density at radius 2 is 2.17 bits per heavy atom. The van der Waals surface area contributed by atoms with Crippen LogP contribution >= 0.6 is 0 Å². The van der Waals surface area contributed by atoms with Gasteiger partial charge in [0.05, 0.1) is 11.0 Å². The monoisotopic (exact) mass is 353 g/mol. The van der Waals surface area contributed by atoms with Gasteiger partial charge in [-0.25, -0.2) is 8.42 Å². The molecule has 1 unspecified atom stereocenters. The lowest BCUT2D eigenvalue weighted by molar-refractivity contribution is 0.105. The molecule has 0 saturated carbocycles. The predicted octanol–water partition coefficient (Wildman–Crippen LogP) is 1.63. The van der Waals surface area contributed by atoms with Gasteiger partial charge >= 0.3 is 0 Å². The van der Waals surface area contributed by atoms with Crippen LogP contribution in [0.1, 0.15) is 30.4 Å². The van der Waals surface area contributed by atoms with E-state index in [-0.39, 0.29) is 0 Å². The fourth-order valence-electron chi connectivity index (χ4n) is 2.87. The van der Waals surface area contributed by atoms with E-state index >= 15 is 0 Å². The Hall–Kier alpha value is -1.60. The van der Waals surface area contributed by atoms with E-state index in [0.29, 0.717) is 17.5 Å². The molecule has 1 atom stereocenters. The van der Waals surface area contributed by atoms with E-state index in [2.05, 4.69) is 15.6 Å². The van der Waals surface area contributed by atoms with E-state index in [0.717, 1.165) is 49.5 Å². The van der Waals surface area contributed by atoms with E-state index in [1.165, 1.54) is 6.26 Å². The maximum Gasteiger partial charge on any atom is 0.191 e. The molecule has 0 bridgehead atoms. The van der Waals surface area contributed by atoms with Crippen molar-refractivity contribution in [3.05, 3.63) is 29.3 Å². The lowest BCUT2D eigenvalue weighted by atomic mass is 10.1. The number of hydrogen-bond acceptors (Lipinski definition) is 4. The molecule has 1 fully saturated rings. The fourth-order valence-corrected chi connectivity index (χ4v) is 3.83. The van der Waals surface area contributed by atoms with Crippen LogP contribution in [0.25, 0.3) is 0 Å². The van der Waals surface area contributed by atoms with E-state index in [4.69, 9.17) is 4.74 Å². The molecule has 1 aromatic carbocycles. The molecule has 24 heavy (non-hydrogen) atoms. The van der Waals surface area contributed by atoms with Crippen LogP contribution in [0.4, 0.5) is 0 Å². The summed E-state index contributed by atoms with van der Waals surface area (Å²) in [7, 11) is -1.44. The number of hydrogen-bond donors (Lipinski definition) is 2. The summed E-state index contributed by atoms with van der Waals surface area (Å²) >= 11 is 0. The lowest BCUT2D eigenvalue weighted by Gasteiger charge is -2.14. The van der Waals surface area contributed by atoms with Crippen molar-refractivity contribution < 1.29 is 13.2 Å². The molecule has 6 nitrogen and oxygen atoms in total. The largest absolute Gasteiger partial charge is 0.378 e. The second-order valence-corrected chi connectivity index (χ2v) is 8.13. The summed E-state index contributed by atoms with van der Waals surface area (Å²) in [6.07, 6.45) is 4.86. The molecule has 1 aliphatic heterocycles. The van der Waals surface area contributed by atoms with Gasteiger partial charge in [0, 0.05) is 33.0 Å². The zero-order chi connectivity index (χ0) is 17.6. The van der Waals surface area contributed by atoms with Crippen molar-refractivity contribution in [2.45, 2.75) is 43.7 Å². The van der Waals surface area contributed by atoms with Crippen LogP contribution < -0.4 is 10.6 Å². The second kappa shape index (κ2) is 8.48. The molecular weight excluding hydrogens is 326 g/mol. The van der Waals surface area contributed by atoms with Gasteiger partial charge in [-0.2, -0.15) is 0 Å². The molecule has 2 N–H and O–H groups in total. The first-order valence-electron chi connectivity index (χ1n) is 8.26. The highest BCUT2D eigenvalue weighted by Gasteiger charge is 2.15. The van der Waals surface area contributed by atoms with Crippen molar-refractivity contribution in [3.8, 4) is 0 Å². The normalized spacial score (nSPS) is 18.6. The number of rotatable bonds is 6. The summed E-state index contributed by atoms with van der Waals surface area (Å²) in [4.78, 5) is 4.58. The van der Waals surface area contributed by atoms with Crippen LogP contribution in [-0.2, 0) is 21.1 Å². The molecule has 1 saturated heterocycles. The maximum absolute atomic E-state index is 11.6. The van der Waals surface area contributed by atoms with Gasteiger partial charge < -0.3 is 15.4 Å². The summed E-state index contributed by atoms with van der Waals surface area (Å²) in [5, 5.41) is 6.52. The highest BCUT2D eigenvalue weighted by atomic mass is 32.2.